The molecule has 9 heteroatoms. The molecule has 0 heterocycles. The van der Waals surface area contributed by atoms with Gasteiger partial charge < -0.3 is 5.32 Å². The van der Waals surface area contributed by atoms with Crippen LogP contribution in [-0.2, 0) is 10.0 Å². The van der Waals surface area contributed by atoms with Gasteiger partial charge in [-0.2, -0.15) is 0 Å². The fraction of sp³-hybridized carbons (Fsp3) is 0.400. The third kappa shape index (κ3) is 4.64. The van der Waals surface area contributed by atoms with E-state index in [0.717, 1.165) is 0 Å². The molecule has 0 radical (unpaired) electrons. The molecule has 0 aliphatic carbocycles. The van der Waals surface area contributed by atoms with Crippen LogP contribution in [0.1, 0.15) is 6.92 Å². The number of hydrogen-bond acceptors (Lipinski definition) is 3. The second-order valence-corrected chi connectivity index (χ2v) is 5.51. The number of nitrogens with one attached hydrogen (secondary N) is 2. The Balaban J connectivity index is 0.00000324. The fourth-order valence-electron chi connectivity index (χ4n) is 1.11. The molecule has 1 atom stereocenters. The molecule has 0 fully saturated rings. The van der Waals surface area contributed by atoms with Gasteiger partial charge in [-0.25, -0.2) is 26.3 Å². The molecule has 0 amide bonds. The summed E-state index contributed by atoms with van der Waals surface area (Å²) in [7, 11) is -2.43. The average Bonchev–Trinajstić information content (AvgIpc) is 2.32. The highest BCUT2D eigenvalue weighted by Gasteiger charge is 2.20. The van der Waals surface area contributed by atoms with E-state index in [9.17, 15) is 21.6 Å². The summed E-state index contributed by atoms with van der Waals surface area (Å²) in [6.07, 6.45) is 0. The molecular formula is C10H14ClF3N2O2S. The molecule has 19 heavy (non-hydrogen) atoms. The largest absolute Gasteiger partial charge is 0.316 e. The molecule has 1 unspecified atom stereocenters. The summed E-state index contributed by atoms with van der Waals surface area (Å²) in [6, 6.07) is 0.713. The van der Waals surface area contributed by atoms with Crippen LogP contribution >= 0.6 is 12.4 Å². The van der Waals surface area contributed by atoms with Gasteiger partial charge in [-0.15, -0.1) is 12.4 Å². The topological polar surface area (TPSA) is 58.2 Å². The Hall–Kier alpha value is -0.830. The van der Waals surface area contributed by atoms with Gasteiger partial charge in [0.15, 0.2) is 17.5 Å². The Morgan fingerprint density at radius 2 is 1.68 bits per heavy atom. The van der Waals surface area contributed by atoms with E-state index in [-0.39, 0.29) is 25.0 Å². The second kappa shape index (κ2) is 7.09. The van der Waals surface area contributed by atoms with Crippen LogP contribution in [0.25, 0.3) is 0 Å². The SMILES string of the molecule is CNC(C)CNS(=O)(=O)c1cc(F)c(F)c(F)c1.Cl. The Morgan fingerprint density at radius 3 is 2.11 bits per heavy atom. The van der Waals surface area contributed by atoms with Crippen LogP contribution < -0.4 is 10.0 Å². The second-order valence-electron chi connectivity index (χ2n) is 3.74. The van der Waals surface area contributed by atoms with Crippen molar-refractivity contribution in [3.8, 4) is 0 Å². The lowest BCUT2D eigenvalue weighted by Gasteiger charge is -2.12. The zero-order chi connectivity index (χ0) is 13.9. The zero-order valence-electron chi connectivity index (χ0n) is 10.2. The molecule has 110 valence electrons. The third-order valence-corrected chi connectivity index (χ3v) is 3.74. The van der Waals surface area contributed by atoms with Crippen LogP contribution in [0.4, 0.5) is 13.2 Å². The molecule has 1 aromatic carbocycles. The first-order valence-electron chi connectivity index (χ1n) is 5.09. The van der Waals surface area contributed by atoms with Gasteiger partial charge in [0.1, 0.15) is 0 Å². The van der Waals surface area contributed by atoms with Crippen molar-refractivity contribution in [2.45, 2.75) is 17.9 Å². The number of halogens is 4. The minimum Gasteiger partial charge on any atom is -0.316 e. The van der Waals surface area contributed by atoms with Crippen LogP contribution in [-0.4, -0.2) is 28.1 Å². The third-order valence-electron chi connectivity index (χ3n) is 2.34. The van der Waals surface area contributed by atoms with E-state index < -0.39 is 32.4 Å². The first-order valence-corrected chi connectivity index (χ1v) is 6.57. The van der Waals surface area contributed by atoms with Gasteiger partial charge >= 0.3 is 0 Å². The van der Waals surface area contributed by atoms with Crippen LogP contribution in [0.2, 0.25) is 0 Å². The van der Waals surface area contributed by atoms with E-state index in [4.69, 9.17) is 0 Å². The minimum absolute atomic E-state index is 0. The highest BCUT2D eigenvalue weighted by Crippen LogP contribution is 2.17. The van der Waals surface area contributed by atoms with Crippen molar-refractivity contribution in [2.24, 2.45) is 0 Å². The lowest BCUT2D eigenvalue weighted by atomic mass is 10.3. The average molecular weight is 319 g/mol. The molecular weight excluding hydrogens is 305 g/mol. The maximum atomic E-state index is 12.9. The number of likely N-dealkylation sites (N-methyl/N-ethyl adjacent to an activating group) is 1. The van der Waals surface area contributed by atoms with Crippen LogP contribution in [0.3, 0.4) is 0 Å². The summed E-state index contributed by atoms with van der Waals surface area (Å²) in [5, 5.41) is 2.79. The molecule has 0 aromatic heterocycles. The summed E-state index contributed by atoms with van der Waals surface area (Å²) < 4.78 is 64.0. The number of sulfonamides is 1. The molecule has 2 N–H and O–H groups in total. The highest BCUT2D eigenvalue weighted by molar-refractivity contribution is 7.89. The van der Waals surface area contributed by atoms with E-state index in [1.54, 1.807) is 14.0 Å². The number of rotatable bonds is 5. The molecule has 0 spiro atoms. The smallest absolute Gasteiger partial charge is 0.240 e. The van der Waals surface area contributed by atoms with E-state index in [1.807, 2.05) is 0 Å². The van der Waals surface area contributed by atoms with Gasteiger partial charge in [-0.1, -0.05) is 0 Å². The monoisotopic (exact) mass is 318 g/mol. The Kier molecular flexibility index (Phi) is 6.78. The first-order chi connectivity index (χ1) is 8.27. The Bertz CT molecular complexity index is 517. The Labute approximate surface area is 115 Å². The van der Waals surface area contributed by atoms with Crippen molar-refractivity contribution in [3.63, 3.8) is 0 Å². The van der Waals surface area contributed by atoms with E-state index in [1.165, 1.54) is 0 Å². The summed E-state index contributed by atoms with van der Waals surface area (Å²) in [6.45, 7) is 1.76. The molecule has 1 rings (SSSR count). The van der Waals surface area contributed by atoms with Crippen LogP contribution in [0.15, 0.2) is 17.0 Å². The maximum Gasteiger partial charge on any atom is 0.240 e. The molecule has 0 saturated carbocycles. The highest BCUT2D eigenvalue weighted by atomic mass is 35.5. The quantitative estimate of drug-likeness (QED) is 0.807. The van der Waals surface area contributed by atoms with E-state index >= 15 is 0 Å². The van der Waals surface area contributed by atoms with Crippen LogP contribution in [0, 0.1) is 17.5 Å². The number of hydrogen-bond donors (Lipinski definition) is 2. The molecule has 0 saturated heterocycles. The van der Waals surface area contributed by atoms with Crippen molar-refractivity contribution in [1.82, 2.24) is 10.0 Å². The first kappa shape index (κ1) is 18.2. The Morgan fingerprint density at radius 1 is 1.21 bits per heavy atom. The van der Waals surface area contributed by atoms with Crippen molar-refractivity contribution < 1.29 is 21.6 Å². The van der Waals surface area contributed by atoms with Gasteiger partial charge in [0.2, 0.25) is 10.0 Å². The summed E-state index contributed by atoms with van der Waals surface area (Å²) in [4.78, 5) is -0.651. The molecule has 4 nitrogen and oxygen atoms in total. The normalized spacial score (nSPS) is 12.9. The molecule has 0 aliphatic heterocycles. The van der Waals surface area contributed by atoms with Gasteiger partial charge in [0.05, 0.1) is 4.90 Å². The van der Waals surface area contributed by atoms with Crippen molar-refractivity contribution in [3.05, 3.63) is 29.6 Å². The lowest BCUT2D eigenvalue weighted by Crippen LogP contribution is -2.37. The van der Waals surface area contributed by atoms with Crippen molar-refractivity contribution in [1.29, 1.82) is 0 Å². The van der Waals surface area contributed by atoms with Gasteiger partial charge in [-0.05, 0) is 26.1 Å². The fourth-order valence-corrected chi connectivity index (χ4v) is 2.26. The molecule has 1 aromatic rings. The van der Waals surface area contributed by atoms with Crippen molar-refractivity contribution in [2.75, 3.05) is 13.6 Å². The predicted molar refractivity (Wildman–Crippen MR) is 67.3 cm³/mol. The van der Waals surface area contributed by atoms with E-state index in [0.29, 0.717) is 12.1 Å². The van der Waals surface area contributed by atoms with Crippen LogP contribution in [0.5, 0.6) is 0 Å². The predicted octanol–water partition coefficient (Wildman–Crippen LogP) is 1.41. The number of benzene rings is 1. The lowest BCUT2D eigenvalue weighted by molar-refractivity contribution is 0.442. The van der Waals surface area contributed by atoms with Crippen molar-refractivity contribution >= 4 is 22.4 Å². The zero-order valence-corrected chi connectivity index (χ0v) is 11.8. The summed E-state index contributed by atoms with van der Waals surface area (Å²) in [5.41, 5.74) is 0. The van der Waals surface area contributed by atoms with Gasteiger partial charge in [-0.3, -0.25) is 0 Å². The van der Waals surface area contributed by atoms with E-state index in [2.05, 4.69) is 10.0 Å². The molecule has 0 bridgehead atoms. The minimum atomic E-state index is -4.06. The summed E-state index contributed by atoms with van der Waals surface area (Å²) >= 11 is 0. The van der Waals surface area contributed by atoms with Gasteiger partial charge in [0.25, 0.3) is 0 Å². The summed E-state index contributed by atoms with van der Waals surface area (Å²) in [5.74, 6) is -4.79. The maximum absolute atomic E-state index is 12.9. The van der Waals surface area contributed by atoms with Gasteiger partial charge in [0, 0.05) is 12.6 Å². The standard InChI is InChI=1S/C10H13F3N2O2S.ClH/c1-6(14-2)5-15-18(16,17)7-3-8(11)10(13)9(12)4-7;/h3-4,6,14-15H,5H2,1-2H3;1H. The molecule has 0 aliphatic rings.